The van der Waals surface area contributed by atoms with Crippen molar-refractivity contribution in [1.29, 1.82) is 5.26 Å². The SMILES string of the molecule is N#Cc1c(I)ncc(CO)c1C(F)F. The zero-order valence-electron chi connectivity index (χ0n) is 6.84. The second kappa shape index (κ2) is 4.61. The largest absolute Gasteiger partial charge is 0.392 e. The minimum atomic E-state index is -2.77. The fourth-order valence-corrected chi connectivity index (χ4v) is 1.57. The standard InChI is InChI=1S/C8H5F2IN2O/c9-7(10)6-4(3-14)2-13-8(11)5(6)1-12/h2,7,14H,3H2. The lowest BCUT2D eigenvalue weighted by Gasteiger charge is -2.08. The van der Waals surface area contributed by atoms with Gasteiger partial charge in [0.15, 0.2) is 0 Å². The molecular weight excluding hydrogens is 305 g/mol. The first-order chi connectivity index (χ1) is 6.61. The van der Waals surface area contributed by atoms with Gasteiger partial charge in [-0.25, -0.2) is 13.8 Å². The molecule has 0 radical (unpaired) electrons. The van der Waals surface area contributed by atoms with Gasteiger partial charge in [0.1, 0.15) is 9.77 Å². The van der Waals surface area contributed by atoms with Gasteiger partial charge in [0.05, 0.1) is 12.2 Å². The first-order valence-corrected chi connectivity index (χ1v) is 4.66. The minimum absolute atomic E-state index is 0.00281. The van der Waals surface area contributed by atoms with E-state index in [1.54, 1.807) is 28.7 Å². The lowest BCUT2D eigenvalue weighted by Crippen LogP contribution is -2.03. The number of aromatic nitrogens is 1. The maximum Gasteiger partial charge on any atom is 0.265 e. The van der Waals surface area contributed by atoms with Gasteiger partial charge in [-0.1, -0.05) is 0 Å². The molecule has 0 bridgehead atoms. The Morgan fingerprint density at radius 3 is 2.71 bits per heavy atom. The molecule has 14 heavy (non-hydrogen) atoms. The summed E-state index contributed by atoms with van der Waals surface area (Å²) in [7, 11) is 0. The molecule has 1 heterocycles. The molecule has 6 heteroatoms. The second-order valence-electron chi connectivity index (χ2n) is 2.43. The number of rotatable bonds is 2. The van der Waals surface area contributed by atoms with E-state index in [9.17, 15) is 8.78 Å². The van der Waals surface area contributed by atoms with E-state index in [1.165, 1.54) is 0 Å². The summed E-state index contributed by atoms with van der Waals surface area (Å²) in [5.41, 5.74) is -0.585. The van der Waals surface area contributed by atoms with Gasteiger partial charge in [-0.2, -0.15) is 5.26 Å². The van der Waals surface area contributed by atoms with E-state index in [0.717, 1.165) is 6.20 Å². The van der Waals surface area contributed by atoms with Gasteiger partial charge >= 0.3 is 0 Å². The van der Waals surface area contributed by atoms with Gasteiger partial charge in [-0.05, 0) is 22.6 Å². The molecule has 0 aromatic carbocycles. The third-order valence-corrected chi connectivity index (χ3v) is 2.47. The van der Waals surface area contributed by atoms with Gasteiger partial charge in [0.25, 0.3) is 6.43 Å². The number of alkyl halides is 2. The van der Waals surface area contributed by atoms with Gasteiger partial charge < -0.3 is 5.11 Å². The summed E-state index contributed by atoms with van der Waals surface area (Å²) >= 11 is 1.70. The number of nitriles is 1. The Bertz CT molecular complexity index is 390. The van der Waals surface area contributed by atoms with E-state index < -0.39 is 18.6 Å². The van der Waals surface area contributed by atoms with Crippen LogP contribution in [0.4, 0.5) is 8.78 Å². The summed E-state index contributed by atoms with van der Waals surface area (Å²) in [6.07, 6.45) is -1.62. The van der Waals surface area contributed by atoms with E-state index in [0.29, 0.717) is 0 Å². The molecule has 0 saturated carbocycles. The Balaban J connectivity index is 3.46. The van der Waals surface area contributed by atoms with E-state index >= 15 is 0 Å². The maximum absolute atomic E-state index is 12.5. The molecule has 74 valence electrons. The highest BCUT2D eigenvalue weighted by Crippen LogP contribution is 2.28. The Morgan fingerprint density at radius 2 is 2.29 bits per heavy atom. The zero-order valence-corrected chi connectivity index (χ0v) is 8.99. The molecule has 3 nitrogen and oxygen atoms in total. The van der Waals surface area contributed by atoms with Crippen molar-refractivity contribution in [2.45, 2.75) is 13.0 Å². The van der Waals surface area contributed by atoms with Gasteiger partial charge in [0, 0.05) is 17.3 Å². The average molecular weight is 310 g/mol. The predicted octanol–water partition coefficient (Wildman–Crippen LogP) is 1.99. The van der Waals surface area contributed by atoms with Crippen molar-refractivity contribution in [2.24, 2.45) is 0 Å². The number of aliphatic hydroxyl groups excluding tert-OH is 1. The van der Waals surface area contributed by atoms with Crippen molar-refractivity contribution in [3.8, 4) is 6.07 Å². The van der Waals surface area contributed by atoms with Crippen LogP contribution in [-0.2, 0) is 6.61 Å². The molecule has 0 aliphatic carbocycles. The van der Waals surface area contributed by atoms with Crippen LogP contribution in [0.5, 0.6) is 0 Å². The summed E-state index contributed by atoms with van der Waals surface area (Å²) < 4.78 is 25.3. The fraction of sp³-hybridized carbons (Fsp3) is 0.250. The molecular formula is C8H5F2IN2O. The zero-order chi connectivity index (χ0) is 10.7. The number of halogens is 3. The predicted molar refractivity (Wildman–Crippen MR) is 52.5 cm³/mol. The Morgan fingerprint density at radius 1 is 1.64 bits per heavy atom. The lowest BCUT2D eigenvalue weighted by atomic mass is 10.1. The van der Waals surface area contributed by atoms with Crippen LogP contribution in [0, 0.1) is 15.0 Å². The van der Waals surface area contributed by atoms with Crippen LogP contribution in [0.3, 0.4) is 0 Å². The molecule has 0 aliphatic heterocycles. The highest BCUT2D eigenvalue weighted by molar-refractivity contribution is 14.1. The van der Waals surface area contributed by atoms with E-state index in [4.69, 9.17) is 10.4 Å². The molecule has 0 fully saturated rings. The molecule has 1 rings (SSSR count). The fourth-order valence-electron chi connectivity index (χ4n) is 1.02. The van der Waals surface area contributed by atoms with Crippen LogP contribution in [0.15, 0.2) is 6.20 Å². The van der Waals surface area contributed by atoms with Gasteiger partial charge in [0.2, 0.25) is 0 Å². The quantitative estimate of drug-likeness (QED) is 0.671. The van der Waals surface area contributed by atoms with Crippen molar-refractivity contribution in [3.63, 3.8) is 0 Å². The van der Waals surface area contributed by atoms with Crippen LogP contribution in [0.2, 0.25) is 0 Å². The van der Waals surface area contributed by atoms with E-state index in [-0.39, 0.29) is 14.8 Å². The van der Waals surface area contributed by atoms with Crippen molar-refractivity contribution in [1.82, 2.24) is 4.98 Å². The van der Waals surface area contributed by atoms with E-state index in [2.05, 4.69) is 4.98 Å². The third kappa shape index (κ3) is 1.99. The average Bonchev–Trinajstić information content (AvgIpc) is 2.17. The van der Waals surface area contributed by atoms with Crippen LogP contribution < -0.4 is 0 Å². The van der Waals surface area contributed by atoms with Crippen molar-refractivity contribution >= 4 is 22.6 Å². The van der Waals surface area contributed by atoms with Crippen molar-refractivity contribution in [3.05, 3.63) is 26.6 Å². The van der Waals surface area contributed by atoms with Crippen molar-refractivity contribution in [2.75, 3.05) is 0 Å². The Labute approximate surface area is 92.5 Å². The lowest BCUT2D eigenvalue weighted by molar-refractivity contribution is 0.146. The molecule has 1 aromatic rings. The van der Waals surface area contributed by atoms with Crippen LogP contribution in [0.25, 0.3) is 0 Å². The molecule has 0 atom stereocenters. The summed E-state index contributed by atoms with van der Waals surface area (Å²) in [4.78, 5) is 3.73. The highest BCUT2D eigenvalue weighted by Gasteiger charge is 2.20. The Kier molecular flexibility index (Phi) is 3.71. The monoisotopic (exact) mass is 310 g/mol. The topological polar surface area (TPSA) is 56.9 Å². The number of pyridine rings is 1. The normalized spacial score (nSPS) is 10.3. The first kappa shape index (κ1) is 11.3. The summed E-state index contributed by atoms with van der Waals surface area (Å²) in [6.45, 7) is -0.543. The number of nitrogens with zero attached hydrogens (tertiary/aromatic N) is 2. The molecule has 1 aromatic heterocycles. The minimum Gasteiger partial charge on any atom is -0.392 e. The summed E-state index contributed by atoms with van der Waals surface area (Å²) in [5, 5.41) is 17.5. The smallest absolute Gasteiger partial charge is 0.265 e. The van der Waals surface area contributed by atoms with Crippen LogP contribution >= 0.6 is 22.6 Å². The molecule has 0 saturated heterocycles. The maximum atomic E-state index is 12.5. The first-order valence-electron chi connectivity index (χ1n) is 3.58. The molecule has 0 aliphatic rings. The molecule has 1 N–H and O–H groups in total. The summed E-state index contributed by atoms with van der Waals surface area (Å²) in [5.74, 6) is 0. The van der Waals surface area contributed by atoms with Crippen molar-refractivity contribution < 1.29 is 13.9 Å². The van der Waals surface area contributed by atoms with Gasteiger partial charge in [-0.15, -0.1) is 0 Å². The highest BCUT2D eigenvalue weighted by atomic mass is 127. The Hall–Kier alpha value is -0.810. The second-order valence-corrected chi connectivity index (χ2v) is 3.46. The third-order valence-electron chi connectivity index (χ3n) is 1.66. The summed E-state index contributed by atoms with van der Waals surface area (Å²) in [6, 6.07) is 1.66. The number of hydrogen-bond acceptors (Lipinski definition) is 3. The number of aliphatic hydroxyl groups is 1. The van der Waals surface area contributed by atoms with E-state index in [1.807, 2.05) is 0 Å². The molecule has 0 amide bonds. The molecule has 0 spiro atoms. The van der Waals surface area contributed by atoms with Crippen LogP contribution in [0.1, 0.15) is 23.1 Å². The number of hydrogen-bond donors (Lipinski definition) is 1. The molecule has 0 unspecified atom stereocenters. The van der Waals surface area contributed by atoms with Gasteiger partial charge in [-0.3, -0.25) is 0 Å². The van der Waals surface area contributed by atoms with Crippen LogP contribution in [-0.4, -0.2) is 10.1 Å².